The van der Waals surface area contributed by atoms with Crippen LogP contribution in [0.2, 0.25) is 0 Å². The molecule has 2 N–H and O–H groups in total. The fourth-order valence-corrected chi connectivity index (χ4v) is 3.42. The number of halogens is 3. The van der Waals surface area contributed by atoms with Crippen molar-refractivity contribution in [1.82, 2.24) is 4.57 Å². The fourth-order valence-electron chi connectivity index (χ4n) is 3.42. The average Bonchev–Trinajstić information content (AvgIpc) is 2.96. The number of ether oxygens (including phenoxy) is 1. The lowest BCUT2D eigenvalue weighted by Crippen LogP contribution is -2.24. The predicted octanol–water partition coefficient (Wildman–Crippen LogP) is 5.18. The van der Waals surface area contributed by atoms with E-state index >= 15 is 0 Å². The van der Waals surface area contributed by atoms with Crippen molar-refractivity contribution in [3.63, 3.8) is 0 Å². The first-order valence-corrected chi connectivity index (χ1v) is 9.20. The van der Waals surface area contributed by atoms with Crippen molar-refractivity contribution < 1.29 is 22.7 Å². The van der Waals surface area contributed by atoms with Crippen LogP contribution in [0.4, 0.5) is 24.5 Å². The molecule has 0 unspecified atom stereocenters. The summed E-state index contributed by atoms with van der Waals surface area (Å²) in [6.45, 7) is 4.19. The molecule has 2 aromatic carbocycles. The second-order valence-electron chi connectivity index (χ2n) is 6.59. The summed E-state index contributed by atoms with van der Waals surface area (Å²) in [5.74, 6) is -0.295. The van der Waals surface area contributed by atoms with E-state index in [1.54, 1.807) is 18.9 Å². The van der Waals surface area contributed by atoms with Crippen LogP contribution in [0.1, 0.15) is 20.3 Å². The molecule has 29 heavy (non-hydrogen) atoms. The number of hydrogen-bond acceptors (Lipinski definition) is 3. The normalized spacial score (nSPS) is 11.7. The quantitative estimate of drug-likeness (QED) is 0.636. The Hall–Kier alpha value is -3.16. The number of nitrogens with zero attached hydrogens (tertiary/aromatic N) is 2. The molecule has 1 heterocycles. The van der Waals surface area contributed by atoms with Crippen LogP contribution < -0.4 is 15.4 Å². The van der Waals surface area contributed by atoms with Crippen molar-refractivity contribution in [2.24, 2.45) is 0 Å². The van der Waals surface area contributed by atoms with Gasteiger partial charge in [-0.25, -0.2) is 0 Å². The van der Waals surface area contributed by atoms with Gasteiger partial charge in [0.1, 0.15) is 5.75 Å². The van der Waals surface area contributed by atoms with E-state index < -0.39 is 6.36 Å². The minimum atomic E-state index is -4.76. The van der Waals surface area contributed by atoms with Crippen LogP contribution in [-0.2, 0) is 11.3 Å². The Labute approximate surface area is 166 Å². The molecular formula is C21H22F3N3O2. The Balaban J connectivity index is 2.07. The predicted molar refractivity (Wildman–Crippen MR) is 108 cm³/mol. The minimum absolute atomic E-state index is 0.00266. The number of carbonyl (C=O) groups is 1. The number of aryl methyl sites for hydroxylation is 1. The maximum Gasteiger partial charge on any atom is 0.573 e. The van der Waals surface area contributed by atoms with E-state index in [2.05, 4.69) is 4.74 Å². The molecule has 0 atom stereocenters. The Morgan fingerprint density at radius 1 is 1.14 bits per heavy atom. The van der Waals surface area contributed by atoms with Gasteiger partial charge < -0.3 is 19.9 Å². The number of aromatic nitrogens is 1. The summed E-state index contributed by atoms with van der Waals surface area (Å²) in [6, 6.07) is 11.5. The molecule has 3 aromatic rings. The number of fused-ring (bicyclic) bond motifs is 1. The van der Waals surface area contributed by atoms with Gasteiger partial charge in [0.05, 0.1) is 16.9 Å². The molecule has 0 radical (unpaired) electrons. The van der Waals surface area contributed by atoms with Crippen molar-refractivity contribution in [2.45, 2.75) is 33.2 Å². The fraction of sp³-hybridized carbons (Fsp3) is 0.286. The zero-order valence-corrected chi connectivity index (χ0v) is 16.4. The molecule has 0 spiro atoms. The van der Waals surface area contributed by atoms with Gasteiger partial charge in [-0.3, -0.25) is 4.79 Å². The summed E-state index contributed by atoms with van der Waals surface area (Å²) in [4.78, 5) is 13.5. The molecule has 5 nitrogen and oxygen atoms in total. The van der Waals surface area contributed by atoms with E-state index in [0.29, 0.717) is 35.2 Å². The number of anilines is 2. The van der Waals surface area contributed by atoms with Gasteiger partial charge in [0.2, 0.25) is 5.91 Å². The number of rotatable bonds is 5. The Morgan fingerprint density at radius 2 is 1.79 bits per heavy atom. The summed E-state index contributed by atoms with van der Waals surface area (Å²) in [5.41, 5.74) is 9.65. The molecule has 0 fully saturated rings. The van der Waals surface area contributed by atoms with Crippen LogP contribution in [0.3, 0.4) is 0 Å². The molecule has 0 bridgehead atoms. The highest BCUT2D eigenvalue weighted by Crippen LogP contribution is 2.38. The second-order valence-corrected chi connectivity index (χ2v) is 6.59. The third-order valence-corrected chi connectivity index (χ3v) is 4.83. The molecule has 3 rings (SSSR count). The van der Waals surface area contributed by atoms with Crippen LogP contribution in [0.15, 0.2) is 42.5 Å². The zero-order chi connectivity index (χ0) is 21.3. The molecule has 0 saturated heterocycles. The number of nitrogen functional groups attached to an aromatic ring is 1. The Bertz CT molecular complexity index is 1040. The number of alkyl halides is 3. The molecule has 154 valence electrons. The molecular weight excluding hydrogens is 383 g/mol. The van der Waals surface area contributed by atoms with Crippen LogP contribution in [0, 0.1) is 0 Å². The van der Waals surface area contributed by atoms with Gasteiger partial charge in [0.15, 0.2) is 0 Å². The van der Waals surface area contributed by atoms with Crippen LogP contribution in [0.5, 0.6) is 5.75 Å². The Kier molecular flexibility index (Phi) is 5.46. The molecule has 0 saturated carbocycles. The number of amides is 1. The maximum atomic E-state index is 12.6. The molecule has 1 amide bonds. The van der Waals surface area contributed by atoms with Crippen molar-refractivity contribution in [2.75, 3.05) is 17.7 Å². The third-order valence-electron chi connectivity index (χ3n) is 4.83. The standard InChI is InChI=1S/C21H22F3N3O2/c1-4-18(28)26(3)14-8-6-13(7-9-14)20-19(25)16-11-10-15(29-21(22,23)24)12-17(16)27(20)5-2/h6-12H,4-5,25H2,1-3H3. The van der Waals surface area contributed by atoms with Crippen LogP contribution in [0.25, 0.3) is 22.2 Å². The first-order chi connectivity index (χ1) is 13.7. The first-order valence-electron chi connectivity index (χ1n) is 9.20. The maximum absolute atomic E-state index is 12.6. The van der Waals surface area contributed by atoms with E-state index in [1.807, 2.05) is 35.8 Å². The summed E-state index contributed by atoms with van der Waals surface area (Å²) < 4.78 is 43.6. The van der Waals surface area contributed by atoms with Crippen molar-refractivity contribution in [1.29, 1.82) is 0 Å². The van der Waals surface area contributed by atoms with Gasteiger partial charge in [-0.05, 0) is 31.2 Å². The van der Waals surface area contributed by atoms with E-state index in [9.17, 15) is 18.0 Å². The van der Waals surface area contributed by atoms with Crippen molar-refractivity contribution in [3.8, 4) is 17.0 Å². The highest BCUT2D eigenvalue weighted by atomic mass is 19.4. The topological polar surface area (TPSA) is 60.5 Å². The minimum Gasteiger partial charge on any atom is -0.406 e. The molecule has 8 heteroatoms. The molecule has 0 aliphatic carbocycles. The largest absolute Gasteiger partial charge is 0.573 e. The molecule has 0 aliphatic heterocycles. The van der Waals surface area contributed by atoms with E-state index in [4.69, 9.17) is 5.73 Å². The van der Waals surface area contributed by atoms with E-state index in [1.165, 1.54) is 18.2 Å². The second kappa shape index (κ2) is 7.69. The smallest absolute Gasteiger partial charge is 0.406 e. The van der Waals surface area contributed by atoms with Crippen molar-refractivity contribution >= 4 is 28.2 Å². The first kappa shape index (κ1) is 20.6. The van der Waals surface area contributed by atoms with E-state index in [-0.39, 0.29) is 11.7 Å². The number of hydrogen-bond donors (Lipinski definition) is 1. The number of carbonyl (C=O) groups excluding carboxylic acids is 1. The Morgan fingerprint density at radius 3 is 2.34 bits per heavy atom. The average molecular weight is 405 g/mol. The highest BCUT2D eigenvalue weighted by molar-refractivity contribution is 6.01. The van der Waals surface area contributed by atoms with Crippen molar-refractivity contribution in [3.05, 3.63) is 42.5 Å². The van der Waals surface area contributed by atoms with Gasteiger partial charge in [0.25, 0.3) is 0 Å². The summed E-state index contributed by atoms with van der Waals surface area (Å²) >= 11 is 0. The van der Waals surface area contributed by atoms with Crippen LogP contribution >= 0.6 is 0 Å². The highest BCUT2D eigenvalue weighted by Gasteiger charge is 2.31. The molecule has 1 aromatic heterocycles. The van der Waals surface area contributed by atoms with Gasteiger partial charge in [-0.15, -0.1) is 13.2 Å². The lowest BCUT2D eigenvalue weighted by atomic mass is 10.1. The summed E-state index contributed by atoms with van der Waals surface area (Å²) in [5, 5.41) is 0.652. The lowest BCUT2D eigenvalue weighted by molar-refractivity contribution is -0.274. The lowest BCUT2D eigenvalue weighted by Gasteiger charge is -2.17. The number of nitrogens with two attached hydrogens (primary N) is 1. The van der Waals surface area contributed by atoms with E-state index in [0.717, 1.165) is 11.3 Å². The molecule has 0 aliphatic rings. The number of benzene rings is 2. The SMILES string of the molecule is CCC(=O)N(C)c1ccc(-c2c(N)c3ccc(OC(F)(F)F)cc3n2CC)cc1. The van der Waals surface area contributed by atoms with Gasteiger partial charge in [-0.1, -0.05) is 19.1 Å². The summed E-state index contributed by atoms with van der Waals surface area (Å²) in [7, 11) is 1.71. The van der Waals surface area contributed by atoms with Crippen LogP contribution in [-0.4, -0.2) is 23.9 Å². The monoisotopic (exact) mass is 405 g/mol. The third kappa shape index (κ3) is 4.01. The zero-order valence-electron chi connectivity index (χ0n) is 16.4. The van der Waals surface area contributed by atoms with Gasteiger partial charge in [0, 0.05) is 42.7 Å². The summed E-state index contributed by atoms with van der Waals surface area (Å²) in [6.07, 6.45) is -4.36. The van der Waals surface area contributed by atoms with Gasteiger partial charge in [-0.2, -0.15) is 0 Å². The van der Waals surface area contributed by atoms with Gasteiger partial charge >= 0.3 is 6.36 Å².